The SMILES string of the molecule is O=C(Cl)CC(c1cccc(F)c1)c1cccc(F)c1. The Morgan fingerprint density at radius 2 is 1.47 bits per heavy atom. The van der Waals surface area contributed by atoms with Gasteiger partial charge in [-0.1, -0.05) is 24.3 Å². The molecule has 0 saturated heterocycles. The van der Waals surface area contributed by atoms with Crippen LogP contribution in [0.4, 0.5) is 8.78 Å². The van der Waals surface area contributed by atoms with Gasteiger partial charge in [-0.25, -0.2) is 8.78 Å². The molecule has 0 radical (unpaired) electrons. The van der Waals surface area contributed by atoms with Crippen LogP contribution in [0, 0.1) is 11.6 Å². The van der Waals surface area contributed by atoms with Crippen molar-refractivity contribution in [2.45, 2.75) is 12.3 Å². The largest absolute Gasteiger partial charge is 0.281 e. The maximum absolute atomic E-state index is 13.3. The van der Waals surface area contributed by atoms with Crippen molar-refractivity contribution >= 4 is 16.8 Å². The predicted octanol–water partition coefficient (Wildman–Crippen LogP) is 4.25. The average molecular weight is 281 g/mol. The summed E-state index contributed by atoms with van der Waals surface area (Å²) < 4.78 is 26.5. The molecule has 0 bridgehead atoms. The maximum Gasteiger partial charge on any atom is 0.222 e. The van der Waals surface area contributed by atoms with E-state index in [1.807, 2.05) is 0 Å². The van der Waals surface area contributed by atoms with Gasteiger partial charge in [0.2, 0.25) is 5.24 Å². The van der Waals surface area contributed by atoms with Crippen molar-refractivity contribution in [3.8, 4) is 0 Å². The highest BCUT2D eigenvalue weighted by molar-refractivity contribution is 6.63. The van der Waals surface area contributed by atoms with E-state index in [0.29, 0.717) is 11.1 Å². The first kappa shape index (κ1) is 13.7. The van der Waals surface area contributed by atoms with Gasteiger partial charge in [0.15, 0.2) is 0 Å². The summed E-state index contributed by atoms with van der Waals surface area (Å²) in [6, 6.07) is 11.8. The summed E-state index contributed by atoms with van der Waals surface area (Å²) in [6.07, 6.45) is -0.00549. The van der Waals surface area contributed by atoms with Crippen molar-refractivity contribution in [3.05, 3.63) is 71.3 Å². The Kier molecular flexibility index (Phi) is 4.27. The van der Waals surface area contributed by atoms with Crippen LogP contribution in [-0.2, 0) is 4.79 Å². The molecule has 0 atom stereocenters. The zero-order valence-electron chi connectivity index (χ0n) is 9.95. The van der Waals surface area contributed by atoms with Gasteiger partial charge >= 0.3 is 0 Å². The molecule has 0 aliphatic carbocycles. The average Bonchev–Trinajstić information content (AvgIpc) is 2.35. The number of benzene rings is 2. The Morgan fingerprint density at radius 3 is 1.84 bits per heavy atom. The van der Waals surface area contributed by atoms with E-state index >= 15 is 0 Å². The second-order valence-corrected chi connectivity index (χ2v) is 4.64. The van der Waals surface area contributed by atoms with Gasteiger partial charge in [-0.2, -0.15) is 0 Å². The normalized spacial score (nSPS) is 10.7. The lowest BCUT2D eigenvalue weighted by atomic mass is 9.89. The molecule has 0 unspecified atom stereocenters. The van der Waals surface area contributed by atoms with Crippen LogP contribution in [0.1, 0.15) is 23.5 Å². The number of carbonyl (C=O) groups excluding carboxylic acids is 1. The molecule has 0 aliphatic heterocycles. The Morgan fingerprint density at radius 1 is 1.00 bits per heavy atom. The molecule has 0 aliphatic rings. The summed E-state index contributed by atoms with van der Waals surface area (Å²) in [4.78, 5) is 11.1. The lowest BCUT2D eigenvalue weighted by Crippen LogP contribution is -2.05. The van der Waals surface area contributed by atoms with E-state index in [2.05, 4.69) is 0 Å². The van der Waals surface area contributed by atoms with E-state index in [1.54, 1.807) is 24.3 Å². The number of carbonyl (C=O) groups is 1. The van der Waals surface area contributed by atoms with Crippen LogP contribution in [0.5, 0.6) is 0 Å². The van der Waals surface area contributed by atoms with Crippen LogP contribution in [0.25, 0.3) is 0 Å². The molecule has 0 N–H and O–H groups in total. The van der Waals surface area contributed by atoms with Crippen molar-refractivity contribution in [1.29, 1.82) is 0 Å². The van der Waals surface area contributed by atoms with Gasteiger partial charge < -0.3 is 0 Å². The van der Waals surface area contributed by atoms with Gasteiger partial charge in [0, 0.05) is 12.3 Å². The quantitative estimate of drug-likeness (QED) is 0.765. The van der Waals surface area contributed by atoms with E-state index in [-0.39, 0.29) is 6.42 Å². The molecule has 0 fully saturated rings. The topological polar surface area (TPSA) is 17.1 Å². The fourth-order valence-corrected chi connectivity index (χ4v) is 2.19. The Bertz CT molecular complexity index is 553. The summed E-state index contributed by atoms with van der Waals surface area (Å²) in [5.74, 6) is -1.25. The lowest BCUT2D eigenvalue weighted by Gasteiger charge is -2.16. The minimum absolute atomic E-state index is 0.00549. The van der Waals surface area contributed by atoms with Crippen LogP contribution >= 0.6 is 11.6 Å². The number of rotatable bonds is 4. The van der Waals surface area contributed by atoms with Crippen molar-refractivity contribution in [1.82, 2.24) is 0 Å². The molecule has 2 aromatic rings. The first-order valence-electron chi connectivity index (χ1n) is 5.75. The molecule has 2 rings (SSSR count). The molecule has 19 heavy (non-hydrogen) atoms. The summed E-state index contributed by atoms with van der Waals surface area (Å²) in [5, 5.41) is -0.543. The van der Waals surface area contributed by atoms with Crippen LogP contribution in [0.3, 0.4) is 0 Å². The van der Waals surface area contributed by atoms with Crippen molar-refractivity contribution in [3.63, 3.8) is 0 Å². The van der Waals surface area contributed by atoms with E-state index in [4.69, 9.17) is 11.6 Å². The van der Waals surface area contributed by atoms with Gasteiger partial charge in [-0.15, -0.1) is 0 Å². The molecule has 0 amide bonds. The third-order valence-electron chi connectivity index (χ3n) is 2.87. The van der Waals surface area contributed by atoms with Gasteiger partial charge in [0.1, 0.15) is 11.6 Å². The first-order chi connectivity index (χ1) is 9.06. The monoisotopic (exact) mass is 280 g/mol. The highest BCUT2D eigenvalue weighted by Gasteiger charge is 2.18. The smallest absolute Gasteiger partial charge is 0.222 e. The minimum Gasteiger partial charge on any atom is -0.281 e. The van der Waals surface area contributed by atoms with Crippen LogP contribution in [-0.4, -0.2) is 5.24 Å². The Labute approximate surface area is 114 Å². The Balaban J connectivity index is 2.44. The van der Waals surface area contributed by atoms with Crippen LogP contribution in [0.2, 0.25) is 0 Å². The molecule has 0 saturated carbocycles. The third kappa shape index (κ3) is 3.61. The van der Waals surface area contributed by atoms with E-state index in [1.165, 1.54) is 24.3 Å². The molecule has 1 nitrogen and oxygen atoms in total. The van der Waals surface area contributed by atoms with E-state index in [0.717, 1.165) is 0 Å². The van der Waals surface area contributed by atoms with Crippen molar-refractivity contribution in [2.75, 3.05) is 0 Å². The van der Waals surface area contributed by atoms with Crippen LogP contribution < -0.4 is 0 Å². The zero-order valence-corrected chi connectivity index (χ0v) is 10.7. The molecular weight excluding hydrogens is 270 g/mol. The lowest BCUT2D eigenvalue weighted by molar-refractivity contribution is -0.111. The minimum atomic E-state index is -0.543. The maximum atomic E-state index is 13.3. The second kappa shape index (κ2) is 5.93. The summed E-state index contributed by atoms with van der Waals surface area (Å²) in [5.41, 5.74) is 1.19. The highest BCUT2D eigenvalue weighted by atomic mass is 35.5. The Hall–Kier alpha value is -1.74. The summed E-state index contributed by atoms with van der Waals surface area (Å²) >= 11 is 5.43. The summed E-state index contributed by atoms with van der Waals surface area (Å²) in [7, 11) is 0. The summed E-state index contributed by atoms with van der Waals surface area (Å²) in [6.45, 7) is 0. The first-order valence-corrected chi connectivity index (χ1v) is 6.13. The third-order valence-corrected chi connectivity index (χ3v) is 3.02. The van der Waals surface area contributed by atoms with Gasteiger partial charge in [-0.05, 0) is 47.0 Å². The molecule has 2 aromatic carbocycles. The number of hydrogen-bond acceptors (Lipinski definition) is 1. The zero-order chi connectivity index (χ0) is 13.8. The van der Waals surface area contributed by atoms with Crippen molar-refractivity contribution in [2.24, 2.45) is 0 Å². The number of hydrogen-bond donors (Lipinski definition) is 0. The van der Waals surface area contributed by atoms with E-state index < -0.39 is 22.8 Å². The van der Waals surface area contributed by atoms with Crippen LogP contribution in [0.15, 0.2) is 48.5 Å². The molecule has 0 aromatic heterocycles. The highest BCUT2D eigenvalue weighted by Crippen LogP contribution is 2.29. The molecule has 4 heteroatoms. The van der Waals surface area contributed by atoms with Gasteiger partial charge in [0.25, 0.3) is 0 Å². The fourth-order valence-electron chi connectivity index (χ4n) is 2.04. The second-order valence-electron chi connectivity index (χ2n) is 4.22. The molecule has 0 spiro atoms. The van der Waals surface area contributed by atoms with Gasteiger partial charge in [0.05, 0.1) is 0 Å². The van der Waals surface area contributed by atoms with E-state index in [9.17, 15) is 13.6 Å². The van der Waals surface area contributed by atoms with Gasteiger partial charge in [-0.3, -0.25) is 4.79 Å². The number of halogens is 3. The molecular formula is C15H11ClF2O. The standard InChI is InChI=1S/C15H11ClF2O/c16-15(19)9-14(10-3-1-5-12(17)7-10)11-4-2-6-13(18)8-11/h1-8,14H,9H2. The predicted molar refractivity (Wildman–Crippen MR) is 70.1 cm³/mol. The fraction of sp³-hybridized carbons (Fsp3) is 0.133. The molecule has 98 valence electrons. The molecule has 0 heterocycles. The van der Waals surface area contributed by atoms with Crippen molar-refractivity contribution < 1.29 is 13.6 Å².